The summed E-state index contributed by atoms with van der Waals surface area (Å²) >= 11 is 0. The zero-order valence-corrected chi connectivity index (χ0v) is 11.6. The summed E-state index contributed by atoms with van der Waals surface area (Å²) in [5.74, 6) is 0. The van der Waals surface area contributed by atoms with E-state index in [1.807, 2.05) is 13.8 Å². The summed E-state index contributed by atoms with van der Waals surface area (Å²) in [4.78, 5) is 0.262. The van der Waals surface area contributed by atoms with Crippen molar-refractivity contribution in [2.75, 3.05) is 26.3 Å². The number of sulfonamides is 1. The van der Waals surface area contributed by atoms with Gasteiger partial charge in [-0.3, -0.25) is 4.68 Å². The second kappa shape index (κ2) is 5.38. The lowest BCUT2D eigenvalue weighted by Crippen LogP contribution is -2.33. The molecule has 0 aromatic carbocycles. The molecule has 0 amide bonds. The van der Waals surface area contributed by atoms with Crippen molar-refractivity contribution >= 4 is 10.0 Å². The normalized spacial score (nSPS) is 19.1. The van der Waals surface area contributed by atoms with Crippen LogP contribution in [0, 0.1) is 0 Å². The van der Waals surface area contributed by atoms with Crippen molar-refractivity contribution in [3.05, 3.63) is 12.4 Å². The van der Waals surface area contributed by atoms with Gasteiger partial charge < -0.3 is 4.74 Å². The van der Waals surface area contributed by atoms with Gasteiger partial charge in [-0.15, -0.1) is 0 Å². The van der Waals surface area contributed by atoms with Gasteiger partial charge in [0, 0.05) is 31.9 Å². The predicted octanol–water partition coefficient (Wildman–Crippen LogP) is 0.875. The van der Waals surface area contributed by atoms with Gasteiger partial charge in [0.2, 0.25) is 10.0 Å². The average Bonchev–Trinajstić information content (AvgIpc) is 2.66. The quantitative estimate of drug-likeness (QED) is 0.820. The molecule has 1 aliphatic rings. The Kier molecular flexibility index (Phi) is 4.04. The first-order valence-corrected chi connectivity index (χ1v) is 7.58. The highest BCUT2D eigenvalue weighted by atomic mass is 32.2. The molecule has 1 aromatic heterocycles. The molecule has 0 aliphatic carbocycles. The zero-order chi connectivity index (χ0) is 13.2. The van der Waals surface area contributed by atoms with Crippen molar-refractivity contribution in [2.45, 2.75) is 31.2 Å². The van der Waals surface area contributed by atoms with Crippen LogP contribution in [0.25, 0.3) is 0 Å². The fourth-order valence-corrected chi connectivity index (χ4v) is 3.25. The Balaban J connectivity index is 2.23. The van der Waals surface area contributed by atoms with Crippen molar-refractivity contribution in [3.63, 3.8) is 0 Å². The fourth-order valence-electron chi connectivity index (χ4n) is 1.85. The van der Waals surface area contributed by atoms with Gasteiger partial charge in [0.05, 0.1) is 12.8 Å². The minimum absolute atomic E-state index is 0.154. The van der Waals surface area contributed by atoms with Crippen LogP contribution in [0.2, 0.25) is 0 Å². The summed E-state index contributed by atoms with van der Waals surface area (Å²) in [6, 6.07) is 0.154. The first-order valence-electron chi connectivity index (χ1n) is 6.14. The number of ether oxygens (including phenoxy) is 1. The molecule has 2 heterocycles. The first-order chi connectivity index (χ1) is 8.51. The van der Waals surface area contributed by atoms with E-state index < -0.39 is 10.0 Å². The monoisotopic (exact) mass is 273 g/mol. The molecule has 1 aromatic rings. The molecule has 1 aliphatic heterocycles. The average molecular weight is 273 g/mol. The Morgan fingerprint density at radius 1 is 1.33 bits per heavy atom. The maximum Gasteiger partial charge on any atom is 0.246 e. The number of nitrogens with zero attached hydrogens (tertiary/aromatic N) is 3. The fraction of sp³-hybridized carbons (Fsp3) is 0.727. The summed E-state index contributed by atoms with van der Waals surface area (Å²) < 4.78 is 33.2. The van der Waals surface area contributed by atoms with Crippen LogP contribution in [0.3, 0.4) is 0 Å². The summed E-state index contributed by atoms with van der Waals surface area (Å²) in [5.41, 5.74) is 0. The first kappa shape index (κ1) is 13.5. The van der Waals surface area contributed by atoms with Crippen LogP contribution in [-0.2, 0) is 14.8 Å². The predicted molar refractivity (Wildman–Crippen MR) is 66.8 cm³/mol. The molecule has 2 rings (SSSR count). The maximum absolute atomic E-state index is 12.4. The molecule has 7 heteroatoms. The highest BCUT2D eigenvalue weighted by Gasteiger charge is 2.26. The topological polar surface area (TPSA) is 64.4 Å². The van der Waals surface area contributed by atoms with Gasteiger partial charge >= 0.3 is 0 Å². The lowest BCUT2D eigenvalue weighted by molar-refractivity contribution is 0.148. The molecule has 0 unspecified atom stereocenters. The van der Waals surface area contributed by atoms with E-state index in [2.05, 4.69) is 5.10 Å². The van der Waals surface area contributed by atoms with Gasteiger partial charge in [-0.05, 0) is 20.3 Å². The Labute approximate surface area is 108 Å². The molecule has 1 fully saturated rings. The summed E-state index contributed by atoms with van der Waals surface area (Å²) in [6.07, 6.45) is 3.74. The van der Waals surface area contributed by atoms with Gasteiger partial charge in [0.1, 0.15) is 4.90 Å². The number of hydrogen-bond donors (Lipinski definition) is 0. The molecular weight excluding hydrogens is 254 g/mol. The Bertz CT molecular complexity index is 487. The third-order valence-electron chi connectivity index (χ3n) is 2.93. The van der Waals surface area contributed by atoms with Gasteiger partial charge in [-0.25, -0.2) is 8.42 Å². The lowest BCUT2D eigenvalue weighted by atomic mass is 10.4. The maximum atomic E-state index is 12.4. The van der Waals surface area contributed by atoms with E-state index in [9.17, 15) is 8.42 Å². The molecule has 0 bridgehead atoms. The molecule has 1 saturated heterocycles. The smallest absolute Gasteiger partial charge is 0.246 e. The molecular formula is C11H19N3O3S. The van der Waals surface area contributed by atoms with Crippen LogP contribution in [0.5, 0.6) is 0 Å². The van der Waals surface area contributed by atoms with E-state index in [0.717, 1.165) is 6.42 Å². The Morgan fingerprint density at radius 3 is 2.78 bits per heavy atom. The van der Waals surface area contributed by atoms with Gasteiger partial charge in [-0.1, -0.05) is 0 Å². The van der Waals surface area contributed by atoms with Crippen LogP contribution in [-0.4, -0.2) is 48.8 Å². The minimum Gasteiger partial charge on any atom is -0.380 e. The highest BCUT2D eigenvalue weighted by Crippen LogP contribution is 2.17. The third-order valence-corrected chi connectivity index (χ3v) is 4.78. The number of aromatic nitrogens is 2. The molecule has 0 saturated carbocycles. The molecule has 6 nitrogen and oxygen atoms in total. The minimum atomic E-state index is -3.43. The Morgan fingerprint density at radius 2 is 2.11 bits per heavy atom. The second-order valence-corrected chi connectivity index (χ2v) is 6.56. The molecule has 0 spiro atoms. The van der Waals surface area contributed by atoms with Crippen molar-refractivity contribution in [1.82, 2.24) is 14.1 Å². The molecule has 0 radical (unpaired) electrons. The van der Waals surface area contributed by atoms with Gasteiger partial charge in [0.25, 0.3) is 0 Å². The van der Waals surface area contributed by atoms with E-state index >= 15 is 0 Å². The summed E-state index contributed by atoms with van der Waals surface area (Å²) in [5, 5.41) is 4.08. The van der Waals surface area contributed by atoms with E-state index in [-0.39, 0.29) is 10.9 Å². The largest absolute Gasteiger partial charge is 0.380 e. The molecule has 0 atom stereocenters. The van der Waals surface area contributed by atoms with Crippen molar-refractivity contribution in [1.29, 1.82) is 0 Å². The zero-order valence-electron chi connectivity index (χ0n) is 10.7. The molecule has 0 N–H and O–H groups in total. The van der Waals surface area contributed by atoms with E-state index in [1.165, 1.54) is 10.5 Å². The lowest BCUT2D eigenvalue weighted by Gasteiger charge is -2.17. The van der Waals surface area contributed by atoms with Crippen LogP contribution in [0.4, 0.5) is 0 Å². The third kappa shape index (κ3) is 2.73. The van der Waals surface area contributed by atoms with Crippen LogP contribution >= 0.6 is 0 Å². The summed E-state index contributed by atoms with van der Waals surface area (Å²) in [6.45, 7) is 5.92. The van der Waals surface area contributed by atoms with Crippen LogP contribution in [0.1, 0.15) is 26.3 Å². The SMILES string of the molecule is CC(C)n1cc(S(=O)(=O)N2CCCOCC2)cn1. The van der Waals surface area contributed by atoms with E-state index in [4.69, 9.17) is 4.74 Å². The van der Waals surface area contributed by atoms with Crippen LogP contribution < -0.4 is 0 Å². The van der Waals surface area contributed by atoms with Crippen molar-refractivity contribution in [3.8, 4) is 0 Å². The Hall–Kier alpha value is -0.920. The second-order valence-electron chi connectivity index (χ2n) is 4.62. The number of hydrogen-bond acceptors (Lipinski definition) is 4. The standard InChI is InChI=1S/C11H19N3O3S/c1-10(2)14-9-11(8-12-14)18(15,16)13-4-3-6-17-7-5-13/h8-10H,3-7H2,1-2H3. The molecule has 102 valence electrons. The number of rotatable bonds is 3. The van der Waals surface area contributed by atoms with E-state index in [1.54, 1.807) is 10.9 Å². The van der Waals surface area contributed by atoms with E-state index in [0.29, 0.717) is 26.3 Å². The van der Waals surface area contributed by atoms with Gasteiger partial charge in [-0.2, -0.15) is 9.40 Å². The molecule has 18 heavy (non-hydrogen) atoms. The highest BCUT2D eigenvalue weighted by molar-refractivity contribution is 7.89. The summed E-state index contributed by atoms with van der Waals surface area (Å²) in [7, 11) is -3.43. The van der Waals surface area contributed by atoms with Crippen molar-refractivity contribution < 1.29 is 13.2 Å². The van der Waals surface area contributed by atoms with Crippen LogP contribution in [0.15, 0.2) is 17.3 Å². The van der Waals surface area contributed by atoms with Crippen molar-refractivity contribution in [2.24, 2.45) is 0 Å². The van der Waals surface area contributed by atoms with Gasteiger partial charge in [0.15, 0.2) is 0 Å².